The average Bonchev–Trinajstić information content (AvgIpc) is 2.77. The molecule has 11 heteroatoms. The zero-order valence-electron chi connectivity index (χ0n) is 16.5. The van der Waals surface area contributed by atoms with E-state index in [1.54, 1.807) is 0 Å². The number of hydrogen-bond acceptors (Lipinski definition) is 8. The van der Waals surface area contributed by atoms with Crippen LogP contribution in [0.15, 0.2) is 42.5 Å². The van der Waals surface area contributed by atoms with Gasteiger partial charge in [-0.1, -0.05) is 12.1 Å². The molecule has 1 heterocycles. The van der Waals surface area contributed by atoms with Crippen molar-refractivity contribution in [3.8, 4) is 0 Å². The number of ether oxygens (including phenoxy) is 1. The highest BCUT2D eigenvalue weighted by molar-refractivity contribution is 5.97. The van der Waals surface area contributed by atoms with E-state index in [1.165, 1.54) is 36.4 Å². The fourth-order valence-electron chi connectivity index (χ4n) is 3.34. The highest BCUT2D eigenvalue weighted by Gasteiger charge is 2.24. The number of rotatable bonds is 7. The van der Waals surface area contributed by atoms with Crippen LogP contribution in [0.3, 0.4) is 0 Å². The van der Waals surface area contributed by atoms with Crippen LogP contribution in [0.25, 0.3) is 0 Å². The van der Waals surface area contributed by atoms with Crippen molar-refractivity contribution in [3.63, 3.8) is 0 Å². The number of carbonyl (C=O) groups excluding carboxylic acids is 2. The van der Waals surface area contributed by atoms with Crippen molar-refractivity contribution in [3.05, 3.63) is 68.3 Å². The van der Waals surface area contributed by atoms with E-state index in [9.17, 15) is 29.8 Å². The van der Waals surface area contributed by atoms with Crippen LogP contribution < -0.4 is 10.2 Å². The van der Waals surface area contributed by atoms with Crippen molar-refractivity contribution in [2.75, 3.05) is 29.9 Å². The topological polar surface area (TPSA) is 145 Å². The minimum atomic E-state index is -0.911. The Morgan fingerprint density at radius 2 is 1.65 bits per heavy atom. The lowest BCUT2D eigenvalue weighted by atomic mass is 10.1. The van der Waals surface area contributed by atoms with Crippen LogP contribution in [-0.4, -0.2) is 41.4 Å². The number of amides is 1. The van der Waals surface area contributed by atoms with Gasteiger partial charge in [-0.3, -0.25) is 25.0 Å². The summed E-state index contributed by atoms with van der Waals surface area (Å²) >= 11 is 0. The maximum absolute atomic E-state index is 12.3. The van der Waals surface area contributed by atoms with Crippen molar-refractivity contribution in [2.45, 2.75) is 19.3 Å². The number of nitro benzene ring substituents is 2. The Bertz CT molecular complexity index is 1020. The first-order valence-corrected chi connectivity index (χ1v) is 9.60. The Morgan fingerprint density at radius 1 is 0.968 bits per heavy atom. The zero-order valence-corrected chi connectivity index (χ0v) is 16.5. The summed E-state index contributed by atoms with van der Waals surface area (Å²) in [5, 5.41) is 24.8. The number of nitrogens with one attached hydrogen (secondary N) is 1. The number of para-hydroxylation sites is 2. The van der Waals surface area contributed by atoms with Crippen LogP contribution in [0.5, 0.6) is 0 Å². The van der Waals surface area contributed by atoms with Gasteiger partial charge < -0.3 is 15.0 Å². The number of anilines is 2. The lowest BCUT2D eigenvalue weighted by Crippen LogP contribution is -2.30. The van der Waals surface area contributed by atoms with Crippen LogP contribution in [0.4, 0.5) is 22.7 Å². The van der Waals surface area contributed by atoms with Crippen molar-refractivity contribution >= 4 is 34.6 Å². The van der Waals surface area contributed by atoms with Gasteiger partial charge in [-0.2, -0.15) is 0 Å². The van der Waals surface area contributed by atoms with E-state index < -0.39 is 28.3 Å². The monoisotopic (exact) mass is 428 g/mol. The maximum atomic E-state index is 12.3. The molecule has 3 rings (SSSR count). The predicted molar refractivity (Wildman–Crippen MR) is 111 cm³/mol. The van der Waals surface area contributed by atoms with Gasteiger partial charge in [0.05, 0.1) is 15.4 Å². The molecule has 1 aliphatic rings. The third kappa shape index (κ3) is 5.32. The van der Waals surface area contributed by atoms with Gasteiger partial charge in [0, 0.05) is 25.2 Å². The summed E-state index contributed by atoms with van der Waals surface area (Å²) in [6.45, 7) is 0.708. The Kier molecular flexibility index (Phi) is 6.75. The van der Waals surface area contributed by atoms with Gasteiger partial charge in [0.1, 0.15) is 11.4 Å². The third-order valence-electron chi connectivity index (χ3n) is 4.81. The molecule has 0 aliphatic carbocycles. The molecule has 0 spiro atoms. The van der Waals surface area contributed by atoms with E-state index >= 15 is 0 Å². The van der Waals surface area contributed by atoms with E-state index in [0.717, 1.165) is 25.3 Å². The number of nitro groups is 2. The average molecular weight is 428 g/mol. The third-order valence-corrected chi connectivity index (χ3v) is 4.81. The van der Waals surface area contributed by atoms with Crippen LogP contribution in [0.1, 0.15) is 29.6 Å². The summed E-state index contributed by atoms with van der Waals surface area (Å²) in [5.41, 5.74) is -0.164. The summed E-state index contributed by atoms with van der Waals surface area (Å²) < 4.78 is 4.93. The quantitative estimate of drug-likeness (QED) is 0.402. The molecule has 1 amide bonds. The Hall–Kier alpha value is -4.02. The Labute approximate surface area is 176 Å². The Morgan fingerprint density at radius 3 is 2.32 bits per heavy atom. The van der Waals surface area contributed by atoms with Gasteiger partial charge in [0.2, 0.25) is 0 Å². The van der Waals surface area contributed by atoms with Crippen molar-refractivity contribution in [2.24, 2.45) is 0 Å². The fourth-order valence-corrected chi connectivity index (χ4v) is 3.34. The van der Waals surface area contributed by atoms with Crippen molar-refractivity contribution in [1.29, 1.82) is 0 Å². The molecule has 2 aromatic rings. The van der Waals surface area contributed by atoms with Gasteiger partial charge in [0.25, 0.3) is 17.3 Å². The van der Waals surface area contributed by atoms with Gasteiger partial charge in [-0.05, 0) is 37.5 Å². The lowest BCUT2D eigenvalue weighted by molar-refractivity contribution is -0.384. The number of benzene rings is 2. The van der Waals surface area contributed by atoms with E-state index in [0.29, 0.717) is 18.8 Å². The van der Waals surface area contributed by atoms with E-state index in [4.69, 9.17) is 4.74 Å². The largest absolute Gasteiger partial charge is 0.452 e. The second-order valence-electron chi connectivity index (χ2n) is 6.91. The second-order valence-corrected chi connectivity index (χ2v) is 6.91. The molecule has 0 radical (unpaired) electrons. The van der Waals surface area contributed by atoms with Crippen LogP contribution in [-0.2, 0) is 9.53 Å². The number of carbonyl (C=O) groups is 2. The molecule has 1 saturated heterocycles. The molecule has 0 unspecified atom stereocenters. The molecule has 0 bridgehead atoms. The van der Waals surface area contributed by atoms with Gasteiger partial charge in [-0.25, -0.2) is 4.79 Å². The number of piperidine rings is 1. The van der Waals surface area contributed by atoms with E-state index in [-0.39, 0.29) is 22.6 Å². The second kappa shape index (κ2) is 9.65. The molecular weight excluding hydrogens is 408 g/mol. The summed E-state index contributed by atoms with van der Waals surface area (Å²) in [4.78, 5) is 47.5. The fraction of sp³-hybridized carbons (Fsp3) is 0.300. The normalized spacial score (nSPS) is 13.4. The minimum absolute atomic E-state index is 0.0323. The zero-order chi connectivity index (χ0) is 22.4. The minimum Gasteiger partial charge on any atom is -0.452 e. The molecule has 0 saturated carbocycles. The maximum Gasteiger partial charge on any atom is 0.338 e. The molecular formula is C20H20N4O7. The molecule has 0 atom stereocenters. The number of hydrogen-bond donors (Lipinski definition) is 1. The van der Waals surface area contributed by atoms with E-state index in [2.05, 4.69) is 5.32 Å². The van der Waals surface area contributed by atoms with Crippen LogP contribution in [0.2, 0.25) is 0 Å². The number of esters is 1. The van der Waals surface area contributed by atoms with Gasteiger partial charge >= 0.3 is 5.97 Å². The summed E-state index contributed by atoms with van der Waals surface area (Å²) in [7, 11) is 0. The molecule has 1 fully saturated rings. The molecule has 162 valence electrons. The molecule has 31 heavy (non-hydrogen) atoms. The Balaban J connectivity index is 1.66. The summed E-state index contributed by atoms with van der Waals surface area (Å²) in [5.74, 6) is -1.69. The SMILES string of the molecule is O=C(COC(=O)c1ccc(N2CCCCC2)c([N+](=O)[O-])c1)Nc1ccccc1[N+](=O)[O-]. The lowest BCUT2D eigenvalue weighted by Gasteiger charge is -2.28. The van der Waals surface area contributed by atoms with Gasteiger partial charge in [-0.15, -0.1) is 0 Å². The standard InChI is InChI=1S/C20H20N4O7/c25-19(21-15-6-2-3-7-16(15)23(27)28)13-31-20(26)14-8-9-17(18(12-14)24(29)30)22-10-4-1-5-11-22/h2-3,6-9,12H,1,4-5,10-11,13H2,(H,21,25). The first-order valence-electron chi connectivity index (χ1n) is 9.60. The van der Waals surface area contributed by atoms with Crippen LogP contribution in [0, 0.1) is 20.2 Å². The summed E-state index contributed by atoms with van der Waals surface area (Å²) in [6, 6.07) is 9.59. The molecule has 1 aliphatic heterocycles. The number of nitrogens with zero attached hydrogens (tertiary/aromatic N) is 3. The highest BCUT2D eigenvalue weighted by Crippen LogP contribution is 2.31. The highest BCUT2D eigenvalue weighted by atomic mass is 16.6. The smallest absolute Gasteiger partial charge is 0.338 e. The van der Waals surface area contributed by atoms with E-state index in [1.807, 2.05) is 4.90 Å². The molecule has 11 nitrogen and oxygen atoms in total. The molecule has 0 aromatic heterocycles. The predicted octanol–water partition coefficient (Wildman–Crippen LogP) is 3.29. The first-order chi connectivity index (χ1) is 14.9. The van der Waals surface area contributed by atoms with Crippen molar-refractivity contribution in [1.82, 2.24) is 0 Å². The molecule has 1 N–H and O–H groups in total. The van der Waals surface area contributed by atoms with Crippen molar-refractivity contribution < 1.29 is 24.2 Å². The molecule has 2 aromatic carbocycles. The van der Waals surface area contributed by atoms with Crippen LogP contribution >= 0.6 is 0 Å². The summed E-state index contributed by atoms with van der Waals surface area (Å²) in [6.07, 6.45) is 2.95. The van der Waals surface area contributed by atoms with Gasteiger partial charge in [0.15, 0.2) is 6.61 Å². The first kappa shape index (κ1) is 21.7.